The van der Waals surface area contributed by atoms with Crippen molar-refractivity contribution in [2.45, 2.75) is 38.4 Å². The Morgan fingerprint density at radius 1 is 1.00 bits per heavy atom. The number of carboxylic acids is 1. The zero-order valence-electron chi connectivity index (χ0n) is 13.2. The fourth-order valence-corrected chi connectivity index (χ4v) is 2.78. The van der Waals surface area contributed by atoms with E-state index < -0.39 is 11.8 Å². The van der Waals surface area contributed by atoms with Crippen LogP contribution in [0.2, 0.25) is 0 Å². The van der Waals surface area contributed by atoms with E-state index >= 15 is 0 Å². The highest BCUT2D eigenvalue weighted by Gasteiger charge is 2.34. The largest absolute Gasteiger partial charge is 0.478 e. The molecule has 4 nitrogen and oxygen atoms in total. The van der Waals surface area contributed by atoms with Gasteiger partial charge in [0.15, 0.2) is 0 Å². The van der Waals surface area contributed by atoms with Crippen molar-refractivity contribution in [1.82, 2.24) is 0 Å². The van der Waals surface area contributed by atoms with Crippen LogP contribution in [0, 0.1) is 0 Å². The fourth-order valence-electron chi connectivity index (χ4n) is 2.78. The second-order valence-electron chi connectivity index (χ2n) is 5.64. The van der Waals surface area contributed by atoms with Gasteiger partial charge in [-0.05, 0) is 24.5 Å². The number of aryl methyl sites for hydroxylation is 1. The lowest BCUT2D eigenvalue weighted by molar-refractivity contribution is -0.133. The standard InChI is InChI=1S/C19H22O4/c1-2-3-5-9-14-10-8-13-16(18(20)21)17(14)19(22,23)15-11-6-4-7-12-15/h4,6-8,10-13,22-23H,2-3,5,9H2,1H3,(H,20,21). The third kappa shape index (κ3) is 3.78. The average Bonchev–Trinajstić information content (AvgIpc) is 2.55. The molecule has 0 amide bonds. The average molecular weight is 314 g/mol. The van der Waals surface area contributed by atoms with E-state index in [1.54, 1.807) is 42.5 Å². The highest BCUT2D eigenvalue weighted by atomic mass is 16.5. The lowest BCUT2D eigenvalue weighted by Gasteiger charge is -2.27. The van der Waals surface area contributed by atoms with Crippen molar-refractivity contribution in [3.8, 4) is 0 Å². The van der Waals surface area contributed by atoms with E-state index in [0.29, 0.717) is 12.0 Å². The molecule has 0 aromatic heterocycles. The molecule has 0 aliphatic heterocycles. The topological polar surface area (TPSA) is 77.8 Å². The Balaban J connectivity index is 2.55. The maximum Gasteiger partial charge on any atom is 0.336 e. The zero-order chi connectivity index (χ0) is 16.9. The molecule has 2 aromatic rings. The molecule has 2 rings (SSSR count). The van der Waals surface area contributed by atoms with Crippen LogP contribution in [0.25, 0.3) is 0 Å². The summed E-state index contributed by atoms with van der Waals surface area (Å²) in [4.78, 5) is 11.6. The first-order chi connectivity index (χ1) is 11.0. The minimum atomic E-state index is -2.34. The molecular weight excluding hydrogens is 292 g/mol. The van der Waals surface area contributed by atoms with E-state index in [-0.39, 0.29) is 16.7 Å². The number of aliphatic hydroxyl groups is 2. The molecule has 4 heteroatoms. The minimum Gasteiger partial charge on any atom is -0.478 e. The molecule has 122 valence electrons. The summed E-state index contributed by atoms with van der Waals surface area (Å²) < 4.78 is 0. The van der Waals surface area contributed by atoms with E-state index in [1.807, 2.05) is 0 Å². The minimum absolute atomic E-state index is 0.0646. The number of rotatable bonds is 7. The highest BCUT2D eigenvalue weighted by molar-refractivity contribution is 5.90. The number of carboxylic acid groups (broad SMARTS) is 1. The van der Waals surface area contributed by atoms with Crippen LogP contribution in [-0.2, 0) is 12.2 Å². The Morgan fingerprint density at radius 3 is 2.30 bits per heavy atom. The highest BCUT2D eigenvalue weighted by Crippen LogP contribution is 2.33. The monoisotopic (exact) mass is 314 g/mol. The quantitative estimate of drug-likeness (QED) is 0.541. The van der Waals surface area contributed by atoms with E-state index in [1.165, 1.54) is 6.07 Å². The van der Waals surface area contributed by atoms with E-state index in [4.69, 9.17) is 0 Å². The van der Waals surface area contributed by atoms with Gasteiger partial charge < -0.3 is 15.3 Å². The van der Waals surface area contributed by atoms with Gasteiger partial charge in [0.05, 0.1) is 5.56 Å². The molecule has 0 fully saturated rings. The van der Waals surface area contributed by atoms with Crippen LogP contribution in [-0.4, -0.2) is 21.3 Å². The van der Waals surface area contributed by atoms with Gasteiger partial charge in [0.25, 0.3) is 0 Å². The van der Waals surface area contributed by atoms with Crippen molar-refractivity contribution in [3.63, 3.8) is 0 Å². The number of hydrogen-bond acceptors (Lipinski definition) is 3. The summed E-state index contributed by atoms with van der Waals surface area (Å²) in [7, 11) is 0. The van der Waals surface area contributed by atoms with Gasteiger partial charge >= 0.3 is 5.97 Å². The Labute approximate surface area is 136 Å². The molecule has 0 saturated carbocycles. The van der Waals surface area contributed by atoms with Crippen LogP contribution >= 0.6 is 0 Å². The Morgan fingerprint density at radius 2 is 1.70 bits per heavy atom. The molecule has 0 radical (unpaired) electrons. The molecule has 0 unspecified atom stereocenters. The second-order valence-corrected chi connectivity index (χ2v) is 5.64. The summed E-state index contributed by atoms with van der Waals surface area (Å²) in [6.07, 6.45) is 3.53. The number of aromatic carboxylic acids is 1. The lowest BCUT2D eigenvalue weighted by atomic mass is 9.87. The van der Waals surface area contributed by atoms with Crippen LogP contribution in [0.4, 0.5) is 0 Å². The number of hydrogen-bond donors (Lipinski definition) is 3. The predicted molar refractivity (Wildman–Crippen MR) is 88.3 cm³/mol. The number of benzene rings is 2. The van der Waals surface area contributed by atoms with Gasteiger partial charge in [0.1, 0.15) is 0 Å². The number of unbranched alkanes of at least 4 members (excludes halogenated alkanes) is 2. The molecule has 0 atom stereocenters. The first-order valence-corrected chi connectivity index (χ1v) is 7.84. The summed E-state index contributed by atoms with van der Waals surface area (Å²) in [5, 5.41) is 30.9. The van der Waals surface area contributed by atoms with Crippen LogP contribution in [0.1, 0.15) is 53.2 Å². The van der Waals surface area contributed by atoms with Gasteiger partial charge in [0, 0.05) is 11.1 Å². The van der Waals surface area contributed by atoms with Crippen molar-refractivity contribution in [3.05, 3.63) is 70.8 Å². The summed E-state index contributed by atoms with van der Waals surface area (Å²) in [6.45, 7) is 2.08. The Bertz CT molecular complexity index is 662. The van der Waals surface area contributed by atoms with Crippen LogP contribution in [0.5, 0.6) is 0 Å². The molecular formula is C19H22O4. The lowest BCUT2D eigenvalue weighted by Crippen LogP contribution is -2.30. The summed E-state index contributed by atoms with van der Waals surface area (Å²) >= 11 is 0. The molecule has 0 saturated heterocycles. The van der Waals surface area contributed by atoms with Gasteiger partial charge in [-0.2, -0.15) is 0 Å². The Kier molecular flexibility index (Phi) is 5.53. The SMILES string of the molecule is CCCCCc1cccc(C(=O)O)c1C(O)(O)c1ccccc1. The maximum atomic E-state index is 11.6. The van der Waals surface area contributed by atoms with E-state index in [9.17, 15) is 20.1 Å². The van der Waals surface area contributed by atoms with Gasteiger partial charge in [-0.3, -0.25) is 0 Å². The second kappa shape index (κ2) is 7.40. The molecule has 3 N–H and O–H groups in total. The van der Waals surface area contributed by atoms with E-state index in [2.05, 4.69) is 6.92 Å². The molecule has 0 aliphatic rings. The number of carbonyl (C=O) groups is 1. The Hall–Kier alpha value is -2.17. The smallest absolute Gasteiger partial charge is 0.336 e. The molecule has 0 spiro atoms. The zero-order valence-corrected chi connectivity index (χ0v) is 13.2. The summed E-state index contributed by atoms with van der Waals surface area (Å²) in [5.74, 6) is -3.50. The van der Waals surface area contributed by atoms with Crippen LogP contribution in [0.15, 0.2) is 48.5 Å². The van der Waals surface area contributed by atoms with E-state index in [0.717, 1.165) is 19.3 Å². The normalized spacial score (nSPS) is 11.4. The summed E-state index contributed by atoms with van der Waals surface area (Å²) in [6, 6.07) is 13.1. The van der Waals surface area contributed by atoms with Crippen molar-refractivity contribution in [2.75, 3.05) is 0 Å². The van der Waals surface area contributed by atoms with Crippen molar-refractivity contribution >= 4 is 5.97 Å². The summed E-state index contributed by atoms with van der Waals surface area (Å²) in [5.41, 5.74) is 0.903. The van der Waals surface area contributed by atoms with Gasteiger partial charge in [-0.25, -0.2) is 4.79 Å². The molecule has 0 heterocycles. The van der Waals surface area contributed by atoms with Crippen molar-refractivity contribution in [2.24, 2.45) is 0 Å². The van der Waals surface area contributed by atoms with Crippen LogP contribution in [0.3, 0.4) is 0 Å². The molecule has 0 bridgehead atoms. The third-order valence-corrected chi connectivity index (χ3v) is 3.96. The first-order valence-electron chi connectivity index (χ1n) is 7.84. The van der Waals surface area contributed by atoms with Crippen LogP contribution < -0.4 is 0 Å². The van der Waals surface area contributed by atoms with Gasteiger partial charge in [0.2, 0.25) is 5.79 Å². The van der Waals surface area contributed by atoms with Crippen molar-refractivity contribution in [1.29, 1.82) is 0 Å². The first kappa shape index (κ1) is 17.2. The molecule has 23 heavy (non-hydrogen) atoms. The van der Waals surface area contributed by atoms with Gasteiger partial charge in [-0.1, -0.05) is 62.2 Å². The third-order valence-electron chi connectivity index (χ3n) is 3.96. The van der Waals surface area contributed by atoms with Crippen molar-refractivity contribution < 1.29 is 20.1 Å². The fraction of sp³-hybridized carbons (Fsp3) is 0.316. The predicted octanol–water partition coefficient (Wildman–Crippen LogP) is 3.30. The maximum absolute atomic E-state index is 11.6. The molecule has 2 aromatic carbocycles. The van der Waals surface area contributed by atoms with Gasteiger partial charge in [-0.15, -0.1) is 0 Å². The molecule has 0 aliphatic carbocycles.